The van der Waals surface area contributed by atoms with Crippen LogP contribution in [0.15, 0.2) is 42.9 Å². The predicted octanol–water partition coefficient (Wildman–Crippen LogP) is 10.1. The van der Waals surface area contributed by atoms with Gasteiger partial charge in [-0.2, -0.15) is 0 Å². The number of allylic oxidation sites excluding steroid dienone is 1. The van der Waals surface area contributed by atoms with Crippen molar-refractivity contribution in [2.75, 3.05) is 7.05 Å². The maximum atomic E-state index is 13.1. The Bertz CT molecular complexity index is 741. The van der Waals surface area contributed by atoms with Gasteiger partial charge in [0.2, 0.25) is 0 Å². The van der Waals surface area contributed by atoms with Gasteiger partial charge in [-0.1, -0.05) is 84.8 Å². The second-order valence-electron chi connectivity index (χ2n) is 8.78. The molecule has 0 fully saturated rings. The van der Waals surface area contributed by atoms with Crippen molar-refractivity contribution in [3.63, 3.8) is 0 Å². The Labute approximate surface area is 231 Å². The molecule has 2 aromatic rings. The van der Waals surface area contributed by atoms with Gasteiger partial charge < -0.3 is 9.88 Å². The summed E-state index contributed by atoms with van der Waals surface area (Å²) in [5, 5.41) is 4.60. The number of hydrogen-bond acceptors (Lipinski definition) is 3. The molecule has 36 heavy (non-hydrogen) atoms. The summed E-state index contributed by atoms with van der Waals surface area (Å²) < 4.78 is 15.3. The molecule has 0 unspecified atom stereocenters. The van der Waals surface area contributed by atoms with Crippen LogP contribution in [0.1, 0.15) is 113 Å². The molecule has 0 spiro atoms. The van der Waals surface area contributed by atoms with Crippen molar-refractivity contribution in [2.24, 2.45) is 0 Å². The van der Waals surface area contributed by atoms with E-state index in [-0.39, 0.29) is 18.8 Å². The minimum Gasteiger partial charge on any atom is -0.330 e. The number of nitrogens with zero attached hydrogens (tertiary/aromatic N) is 2. The Balaban J connectivity index is -0.000000120. The van der Waals surface area contributed by atoms with Crippen molar-refractivity contribution in [1.29, 1.82) is 0 Å². The average molecular weight is 526 g/mol. The molecule has 5 heteroatoms. The van der Waals surface area contributed by atoms with E-state index in [1.807, 2.05) is 67.2 Å². The van der Waals surface area contributed by atoms with Crippen LogP contribution < -0.4 is 5.32 Å². The van der Waals surface area contributed by atoms with E-state index in [1.54, 1.807) is 11.4 Å². The van der Waals surface area contributed by atoms with E-state index in [4.69, 9.17) is 0 Å². The van der Waals surface area contributed by atoms with Crippen LogP contribution >= 0.6 is 12.2 Å². The van der Waals surface area contributed by atoms with Gasteiger partial charge in [-0.3, -0.25) is 0 Å². The largest absolute Gasteiger partial charge is 0.330 e. The smallest absolute Gasteiger partial charge is 0.126 e. The van der Waals surface area contributed by atoms with Crippen LogP contribution in [0, 0.1) is 12.7 Å². The number of aromatic nitrogens is 2. The van der Waals surface area contributed by atoms with Crippen molar-refractivity contribution < 1.29 is 4.39 Å². The summed E-state index contributed by atoms with van der Waals surface area (Å²) in [6, 6.07) is 5.22. The third-order valence-electron chi connectivity index (χ3n) is 3.98. The first-order chi connectivity index (χ1) is 16.4. The molecule has 0 saturated carbocycles. The summed E-state index contributed by atoms with van der Waals surface area (Å²) >= 11 is 4.27. The van der Waals surface area contributed by atoms with Gasteiger partial charge in [0.05, 0.1) is 6.33 Å². The lowest BCUT2D eigenvalue weighted by atomic mass is 10.0. The number of benzene rings is 1. The fourth-order valence-electron chi connectivity index (χ4n) is 2.42. The highest BCUT2D eigenvalue weighted by atomic mass is 32.1. The molecule has 1 N–H and O–H groups in total. The molecule has 1 aromatic heterocycles. The normalized spacial score (nSPS) is 8.83. The Morgan fingerprint density at radius 1 is 1.14 bits per heavy atom. The first-order valence-corrected chi connectivity index (χ1v) is 13.3. The highest BCUT2D eigenvalue weighted by molar-refractivity contribution is 7.78. The van der Waals surface area contributed by atoms with Crippen molar-refractivity contribution in [3.05, 3.63) is 65.5 Å². The Morgan fingerprint density at radius 3 is 1.83 bits per heavy atom. The van der Waals surface area contributed by atoms with Gasteiger partial charge in [0.25, 0.3) is 0 Å². The fourth-order valence-corrected chi connectivity index (χ4v) is 2.42. The lowest BCUT2D eigenvalue weighted by molar-refractivity contribution is 0.389. The van der Waals surface area contributed by atoms with Crippen LogP contribution in [-0.2, 0) is 18.5 Å². The number of nitrogens with one attached hydrogen (secondary N) is 1. The Hall–Kier alpha value is -1.85. The zero-order valence-electron chi connectivity index (χ0n) is 25.2. The number of halogens is 1. The topological polar surface area (TPSA) is 29.9 Å². The minimum atomic E-state index is -0.0924. The molecular weight excluding hydrogens is 465 g/mol. The van der Waals surface area contributed by atoms with Gasteiger partial charge >= 0.3 is 0 Å². The highest BCUT2D eigenvalue weighted by Gasteiger charge is 2.13. The lowest BCUT2D eigenvalue weighted by Crippen LogP contribution is -2.21. The van der Waals surface area contributed by atoms with Crippen LogP contribution in [-0.4, -0.2) is 22.0 Å². The van der Waals surface area contributed by atoms with Gasteiger partial charge in [-0.25, -0.2) is 9.37 Å². The maximum absolute atomic E-state index is 13.1. The monoisotopic (exact) mass is 525 g/mol. The number of aryl methyl sites for hydroxylation is 1. The Kier molecular flexibility index (Phi) is 36.0. The molecule has 2 rings (SSSR count). The van der Waals surface area contributed by atoms with Crippen LogP contribution in [0.3, 0.4) is 0 Å². The fraction of sp³-hybridized carbons (Fsp3) is 0.613. The molecule has 0 aliphatic carbocycles. The standard InChI is InChI=1S/C10H14FN.C8H14N2.C4H8.C4H10.C2H4S.C2H6.CH4/c1-3-9-8(7-12-2)5-4-6-10(9)11;1-7-5-9-6-10(7)8(2,3)4;1-4(2)3;1-3-4-2;1-2-3;1-2;/h4-6,12H,3,7H2,1-2H3;5-6H,1-4H3;1H2,2-3H3;3-4H2,1-2H3;2H,1H3;1-2H3;1H4. The third-order valence-corrected chi connectivity index (χ3v) is 3.98. The number of hydrogen-bond donors (Lipinski definition) is 1. The molecule has 0 aliphatic heterocycles. The van der Waals surface area contributed by atoms with Crippen LogP contribution in [0.4, 0.5) is 4.39 Å². The van der Waals surface area contributed by atoms with Crippen molar-refractivity contribution in [3.8, 4) is 0 Å². The molecule has 0 amide bonds. The summed E-state index contributed by atoms with van der Waals surface area (Å²) in [5.41, 5.74) is 4.43. The quantitative estimate of drug-likeness (QED) is 0.318. The molecule has 0 aliphatic rings. The van der Waals surface area contributed by atoms with E-state index < -0.39 is 0 Å². The number of rotatable bonds is 4. The van der Waals surface area contributed by atoms with E-state index in [0.717, 1.165) is 24.1 Å². The molecule has 0 bridgehead atoms. The minimum absolute atomic E-state index is 0. The highest BCUT2D eigenvalue weighted by Crippen LogP contribution is 2.15. The zero-order valence-corrected chi connectivity index (χ0v) is 26.0. The summed E-state index contributed by atoms with van der Waals surface area (Å²) in [4.78, 5) is 4.05. The van der Waals surface area contributed by atoms with Gasteiger partial charge in [0.1, 0.15) is 5.82 Å². The van der Waals surface area contributed by atoms with Crippen LogP contribution in [0.2, 0.25) is 0 Å². The van der Waals surface area contributed by atoms with Gasteiger partial charge in [-0.15, -0.1) is 6.58 Å². The van der Waals surface area contributed by atoms with Crippen LogP contribution in [0.25, 0.3) is 0 Å². The molecule has 3 nitrogen and oxygen atoms in total. The number of imidazole rings is 1. The predicted molar refractivity (Wildman–Crippen MR) is 169 cm³/mol. The van der Waals surface area contributed by atoms with Gasteiger partial charge in [0, 0.05) is 24.0 Å². The van der Waals surface area contributed by atoms with Crippen molar-refractivity contribution in [1.82, 2.24) is 14.9 Å². The van der Waals surface area contributed by atoms with E-state index in [1.165, 1.54) is 30.2 Å². The summed E-state index contributed by atoms with van der Waals surface area (Å²) in [7, 11) is 1.87. The summed E-state index contributed by atoms with van der Waals surface area (Å²) in [6.45, 7) is 29.0. The first-order valence-electron chi connectivity index (χ1n) is 12.8. The van der Waals surface area contributed by atoms with E-state index in [9.17, 15) is 4.39 Å². The Morgan fingerprint density at radius 2 is 1.58 bits per heavy atom. The van der Waals surface area contributed by atoms with Crippen LogP contribution in [0.5, 0.6) is 0 Å². The molecule has 1 aromatic carbocycles. The molecule has 212 valence electrons. The average Bonchev–Trinajstić information content (AvgIpc) is 3.23. The second kappa shape index (κ2) is 29.4. The number of unbranched alkanes of at least 4 members (excludes halogenated alkanes) is 1. The lowest BCUT2D eigenvalue weighted by Gasteiger charge is -2.22. The van der Waals surface area contributed by atoms with E-state index in [2.05, 4.69) is 75.2 Å². The molecule has 1 heterocycles. The van der Waals surface area contributed by atoms with E-state index >= 15 is 0 Å². The van der Waals surface area contributed by atoms with E-state index in [0.29, 0.717) is 0 Å². The van der Waals surface area contributed by atoms with Gasteiger partial charge in [0.15, 0.2) is 0 Å². The number of thiocarbonyl (C=S) groups is 1. The molecule has 0 radical (unpaired) electrons. The molecule has 0 atom stereocenters. The van der Waals surface area contributed by atoms with Crippen molar-refractivity contribution in [2.45, 2.75) is 122 Å². The SMILES string of the molecule is C.C=C(C)C.CC.CC=S.CCCC.CCc1c(F)cccc1CNC.Cc1cncn1C(C)(C)C. The summed E-state index contributed by atoms with van der Waals surface area (Å²) in [5.74, 6) is -0.0924. The second-order valence-corrected chi connectivity index (χ2v) is 9.25. The van der Waals surface area contributed by atoms with Crippen molar-refractivity contribution >= 4 is 17.6 Å². The van der Waals surface area contributed by atoms with Gasteiger partial charge in [-0.05, 0) is 84.5 Å². The zero-order chi connectivity index (χ0) is 28.4. The molecular formula is C31H60FN3S. The maximum Gasteiger partial charge on any atom is 0.126 e. The summed E-state index contributed by atoms with van der Waals surface area (Å²) in [6.07, 6.45) is 7.14. The molecule has 0 saturated heterocycles. The first kappa shape index (κ1) is 44.2. The third kappa shape index (κ3) is 26.7.